The highest BCUT2D eigenvalue weighted by atomic mass is 16.5. The molecule has 3 N–H and O–H groups in total. The molecule has 0 saturated carbocycles. The topological polar surface area (TPSA) is 118 Å². The fourth-order valence-electron chi connectivity index (χ4n) is 2.54. The van der Waals surface area contributed by atoms with Gasteiger partial charge >= 0.3 is 0 Å². The Morgan fingerprint density at radius 2 is 2.04 bits per heavy atom. The number of rotatable bonds is 4. The normalized spacial score (nSPS) is 14.8. The SMILES string of the molecule is N#Cc1cc(C(=N)c2c(N)ccnc2OC2CCOCC2)ccn1. The lowest BCUT2D eigenvalue weighted by atomic mass is 10.0. The van der Waals surface area contributed by atoms with Crippen LogP contribution in [0.4, 0.5) is 5.69 Å². The monoisotopic (exact) mass is 323 g/mol. The molecule has 2 aromatic heterocycles. The third kappa shape index (κ3) is 3.34. The molecule has 1 aliphatic heterocycles. The largest absolute Gasteiger partial charge is 0.474 e. The van der Waals surface area contributed by atoms with Crippen molar-refractivity contribution in [2.75, 3.05) is 18.9 Å². The minimum Gasteiger partial charge on any atom is -0.474 e. The second-order valence-electron chi connectivity index (χ2n) is 5.43. The second-order valence-corrected chi connectivity index (χ2v) is 5.43. The van der Waals surface area contributed by atoms with Crippen LogP contribution in [0, 0.1) is 16.7 Å². The summed E-state index contributed by atoms with van der Waals surface area (Å²) in [7, 11) is 0. The third-order valence-electron chi connectivity index (χ3n) is 3.81. The molecule has 24 heavy (non-hydrogen) atoms. The van der Waals surface area contributed by atoms with E-state index in [1.165, 1.54) is 6.20 Å². The molecule has 0 aliphatic carbocycles. The summed E-state index contributed by atoms with van der Waals surface area (Å²) in [6, 6.07) is 6.81. The van der Waals surface area contributed by atoms with Gasteiger partial charge < -0.3 is 15.2 Å². The molecule has 1 fully saturated rings. The molecule has 0 amide bonds. The van der Waals surface area contributed by atoms with Crippen molar-refractivity contribution < 1.29 is 9.47 Å². The molecular weight excluding hydrogens is 306 g/mol. The van der Waals surface area contributed by atoms with Crippen molar-refractivity contribution in [1.29, 1.82) is 10.7 Å². The van der Waals surface area contributed by atoms with Crippen molar-refractivity contribution in [2.45, 2.75) is 18.9 Å². The fraction of sp³-hybridized carbons (Fsp3) is 0.294. The van der Waals surface area contributed by atoms with E-state index in [0.717, 1.165) is 12.8 Å². The lowest BCUT2D eigenvalue weighted by Crippen LogP contribution is -2.27. The summed E-state index contributed by atoms with van der Waals surface area (Å²) >= 11 is 0. The van der Waals surface area contributed by atoms with E-state index in [0.29, 0.717) is 35.9 Å². The first-order valence-electron chi connectivity index (χ1n) is 7.63. The summed E-state index contributed by atoms with van der Waals surface area (Å²) in [6.45, 7) is 1.30. The zero-order valence-electron chi connectivity index (χ0n) is 13.0. The van der Waals surface area contributed by atoms with Crippen LogP contribution in [-0.2, 0) is 4.74 Å². The Morgan fingerprint density at radius 1 is 1.29 bits per heavy atom. The van der Waals surface area contributed by atoms with Gasteiger partial charge in [-0.2, -0.15) is 5.26 Å². The maximum absolute atomic E-state index is 8.98. The summed E-state index contributed by atoms with van der Waals surface area (Å²) in [5.74, 6) is 0.335. The van der Waals surface area contributed by atoms with E-state index in [4.69, 9.17) is 25.9 Å². The van der Waals surface area contributed by atoms with Gasteiger partial charge in [0.1, 0.15) is 17.9 Å². The lowest BCUT2D eigenvalue weighted by Gasteiger charge is -2.24. The Bertz CT molecular complexity index is 794. The molecule has 7 nitrogen and oxygen atoms in total. The van der Waals surface area contributed by atoms with Crippen LogP contribution in [0.1, 0.15) is 29.7 Å². The van der Waals surface area contributed by atoms with E-state index in [1.807, 2.05) is 6.07 Å². The van der Waals surface area contributed by atoms with Crippen LogP contribution < -0.4 is 10.5 Å². The number of hydrogen-bond donors (Lipinski definition) is 2. The minimum absolute atomic E-state index is 0.00768. The number of aromatic nitrogens is 2. The number of nitriles is 1. The number of ether oxygens (including phenoxy) is 2. The Labute approximate surface area is 139 Å². The molecule has 2 aromatic rings. The van der Waals surface area contributed by atoms with E-state index in [-0.39, 0.29) is 17.5 Å². The first kappa shape index (κ1) is 15.9. The molecule has 0 spiro atoms. The van der Waals surface area contributed by atoms with Crippen molar-refractivity contribution in [1.82, 2.24) is 9.97 Å². The average Bonchev–Trinajstić information content (AvgIpc) is 2.62. The highest BCUT2D eigenvalue weighted by Crippen LogP contribution is 2.27. The first-order valence-corrected chi connectivity index (χ1v) is 7.63. The van der Waals surface area contributed by atoms with Crippen LogP contribution in [0.15, 0.2) is 30.6 Å². The number of nitrogens with two attached hydrogens (primary N) is 1. The molecule has 3 rings (SSSR count). The van der Waals surface area contributed by atoms with Crippen molar-refractivity contribution in [3.63, 3.8) is 0 Å². The summed E-state index contributed by atoms with van der Waals surface area (Å²) in [5.41, 5.74) is 7.84. The predicted molar refractivity (Wildman–Crippen MR) is 88.0 cm³/mol. The van der Waals surface area contributed by atoms with Gasteiger partial charge in [-0.25, -0.2) is 9.97 Å². The molecule has 0 atom stereocenters. The maximum atomic E-state index is 8.98. The average molecular weight is 323 g/mol. The standard InChI is InChI=1S/C17H17N5O2/c18-10-12-9-11(1-5-21-12)16(20)15-14(19)2-6-22-17(15)24-13-3-7-23-8-4-13/h1-2,5-6,9,13,20H,3-4,7-8H2,(H2,19,22). The fourth-order valence-corrected chi connectivity index (χ4v) is 2.54. The number of nitrogen functional groups attached to an aromatic ring is 1. The summed E-state index contributed by atoms with van der Waals surface area (Å²) < 4.78 is 11.3. The van der Waals surface area contributed by atoms with Gasteiger partial charge in [-0.15, -0.1) is 0 Å². The summed E-state index contributed by atoms with van der Waals surface area (Å²) in [4.78, 5) is 8.18. The molecule has 0 bridgehead atoms. The van der Waals surface area contributed by atoms with Crippen LogP contribution in [0.2, 0.25) is 0 Å². The van der Waals surface area contributed by atoms with E-state index < -0.39 is 0 Å². The maximum Gasteiger partial charge on any atom is 0.225 e. The first-order chi connectivity index (χ1) is 11.7. The Kier molecular flexibility index (Phi) is 4.68. The highest BCUT2D eigenvalue weighted by Gasteiger charge is 2.21. The van der Waals surface area contributed by atoms with Gasteiger partial charge in [-0.05, 0) is 18.2 Å². The van der Waals surface area contributed by atoms with Gasteiger partial charge in [0, 0.05) is 36.5 Å². The molecule has 3 heterocycles. The number of nitrogens with one attached hydrogen (secondary N) is 1. The number of nitrogens with zero attached hydrogens (tertiary/aromatic N) is 3. The number of pyridine rings is 2. The number of anilines is 1. The van der Waals surface area contributed by atoms with Crippen molar-refractivity contribution in [3.05, 3.63) is 47.4 Å². The van der Waals surface area contributed by atoms with Crippen LogP contribution in [0.3, 0.4) is 0 Å². The lowest BCUT2D eigenvalue weighted by molar-refractivity contribution is 0.0237. The second kappa shape index (κ2) is 7.06. The summed E-state index contributed by atoms with van der Waals surface area (Å²) in [5, 5.41) is 17.5. The zero-order chi connectivity index (χ0) is 16.9. The van der Waals surface area contributed by atoms with Gasteiger partial charge in [0.2, 0.25) is 5.88 Å². The van der Waals surface area contributed by atoms with Gasteiger partial charge in [-0.3, -0.25) is 5.41 Å². The van der Waals surface area contributed by atoms with Crippen LogP contribution in [0.25, 0.3) is 0 Å². The smallest absolute Gasteiger partial charge is 0.225 e. The van der Waals surface area contributed by atoms with E-state index in [1.54, 1.807) is 24.4 Å². The molecule has 0 unspecified atom stereocenters. The van der Waals surface area contributed by atoms with Crippen LogP contribution in [0.5, 0.6) is 5.88 Å². The Hall–Kier alpha value is -2.98. The molecule has 1 aliphatic rings. The predicted octanol–water partition coefficient (Wildman–Crippen LogP) is 1.90. The van der Waals surface area contributed by atoms with Crippen LogP contribution in [-0.4, -0.2) is 35.0 Å². The van der Waals surface area contributed by atoms with Gasteiger partial charge in [0.25, 0.3) is 0 Å². The van der Waals surface area contributed by atoms with Gasteiger partial charge in [0.05, 0.1) is 24.5 Å². The van der Waals surface area contributed by atoms with E-state index in [9.17, 15) is 0 Å². The molecule has 122 valence electrons. The molecule has 1 saturated heterocycles. The molecule has 0 radical (unpaired) electrons. The minimum atomic E-state index is -0.00768. The highest BCUT2D eigenvalue weighted by molar-refractivity contribution is 6.15. The van der Waals surface area contributed by atoms with Gasteiger partial charge in [0.15, 0.2) is 0 Å². The molecule has 0 aromatic carbocycles. The van der Waals surface area contributed by atoms with E-state index in [2.05, 4.69) is 9.97 Å². The molecule has 7 heteroatoms. The van der Waals surface area contributed by atoms with Crippen molar-refractivity contribution in [2.24, 2.45) is 0 Å². The zero-order valence-corrected chi connectivity index (χ0v) is 13.0. The van der Waals surface area contributed by atoms with Crippen LogP contribution >= 0.6 is 0 Å². The molecular formula is C17H17N5O2. The van der Waals surface area contributed by atoms with Crippen molar-refractivity contribution in [3.8, 4) is 11.9 Å². The Morgan fingerprint density at radius 3 is 2.79 bits per heavy atom. The number of hydrogen-bond acceptors (Lipinski definition) is 7. The quantitative estimate of drug-likeness (QED) is 0.830. The van der Waals surface area contributed by atoms with E-state index >= 15 is 0 Å². The Balaban J connectivity index is 1.94. The van der Waals surface area contributed by atoms with Gasteiger partial charge in [-0.1, -0.05) is 0 Å². The third-order valence-corrected chi connectivity index (χ3v) is 3.81. The van der Waals surface area contributed by atoms with Crippen molar-refractivity contribution >= 4 is 11.4 Å². The summed E-state index contributed by atoms with van der Waals surface area (Å²) in [6.07, 6.45) is 4.60.